The topological polar surface area (TPSA) is 170 Å². The number of carbonyl (C=O) groups excluding carboxylic acids is 2. The second-order valence-corrected chi connectivity index (χ2v) is 9.88. The second-order valence-electron chi connectivity index (χ2n) is 9.88. The van der Waals surface area contributed by atoms with Crippen LogP contribution < -0.4 is 20.7 Å². The van der Waals surface area contributed by atoms with Gasteiger partial charge in [-0.3, -0.25) is 20.3 Å². The Bertz CT molecular complexity index is 1450. The number of aryl methyl sites for hydroxylation is 1. The molecule has 0 heterocycles. The zero-order valence-corrected chi connectivity index (χ0v) is 24.0. The van der Waals surface area contributed by atoms with Crippen molar-refractivity contribution >= 4 is 35.2 Å². The normalized spacial score (nSPS) is 10.6. The molecule has 2 amide bonds. The molecule has 222 valence electrons. The predicted octanol–water partition coefficient (Wildman–Crippen LogP) is 4.84. The Morgan fingerprint density at radius 2 is 1.74 bits per heavy atom. The first kappa shape index (κ1) is 31.6. The van der Waals surface area contributed by atoms with Crippen molar-refractivity contribution in [2.24, 2.45) is 0 Å². The van der Waals surface area contributed by atoms with E-state index in [4.69, 9.17) is 10.1 Å². The molecule has 42 heavy (non-hydrogen) atoms. The number of hydrogen-bond donors (Lipinski definition) is 6. The summed E-state index contributed by atoms with van der Waals surface area (Å²) in [6.45, 7) is 5.66. The summed E-state index contributed by atoms with van der Waals surface area (Å²) < 4.78 is 10.5. The van der Waals surface area contributed by atoms with E-state index in [1.807, 2.05) is 26.8 Å². The molecule has 0 aliphatic rings. The van der Waals surface area contributed by atoms with E-state index in [0.717, 1.165) is 16.7 Å². The molecule has 0 unspecified atom stereocenters. The Balaban J connectivity index is 1.84. The lowest BCUT2D eigenvalue weighted by molar-refractivity contribution is -0.136. The number of aliphatic hydroxyl groups excluding tert-OH is 1. The zero-order valence-electron chi connectivity index (χ0n) is 24.0. The van der Waals surface area contributed by atoms with Gasteiger partial charge in [0, 0.05) is 29.9 Å². The molecular weight excluding hydrogens is 540 g/mol. The molecule has 0 atom stereocenters. The van der Waals surface area contributed by atoms with Gasteiger partial charge in [-0.15, -0.1) is 0 Å². The first-order valence-electron chi connectivity index (χ1n) is 13.3. The molecule has 0 aliphatic carbocycles. The molecule has 0 radical (unpaired) electrons. The van der Waals surface area contributed by atoms with Crippen molar-refractivity contribution in [2.75, 3.05) is 17.7 Å². The Labute approximate surface area is 244 Å². The maximum atomic E-state index is 13.3. The van der Waals surface area contributed by atoms with Gasteiger partial charge in [-0.25, -0.2) is 4.79 Å². The molecule has 0 saturated carbocycles. The lowest BCUT2D eigenvalue weighted by Gasteiger charge is -2.20. The van der Waals surface area contributed by atoms with Crippen molar-refractivity contribution in [3.63, 3.8) is 0 Å². The summed E-state index contributed by atoms with van der Waals surface area (Å²) in [6.07, 6.45) is -0.754. The number of methoxy groups -OCH3 is 1. The third kappa shape index (κ3) is 8.80. The maximum Gasteiger partial charge on any atom is 0.412 e. The molecule has 6 N–H and O–H groups in total. The highest BCUT2D eigenvalue weighted by molar-refractivity contribution is 6.09. The molecular formula is C31H36N4O7. The summed E-state index contributed by atoms with van der Waals surface area (Å²) in [5.74, 6) is -0.914. The largest absolute Gasteiger partial charge is 0.491 e. The highest BCUT2D eigenvalue weighted by Crippen LogP contribution is 2.29. The van der Waals surface area contributed by atoms with Gasteiger partial charge in [0.15, 0.2) is 0 Å². The highest BCUT2D eigenvalue weighted by Gasteiger charge is 2.17. The smallest absolute Gasteiger partial charge is 0.412 e. The fourth-order valence-corrected chi connectivity index (χ4v) is 4.22. The molecule has 0 fully saturated rings. The van der Waals surface area contributed by atoms with Crippen LogP contribution in [-0.4, -0.2) is 47.2 Å². The first-order chi connectivity index (χ1) is 20.0. The molecule has 0 spiro atoms. The molecule has 0 aliphatic heterocycles. The van der Waals surface area contributed by atoms with Crippen LogP contribution in [0.2, 0.25) is 0 Å². The number of aliphatic hydroxyl groups is 1. The van der Waals surface area contributed by atoms with Crippen LogP contribution in [0, 0.1) is 12.3 Å². The van der Waals surface area contributed by atoms with Crippen LogP contribution in [0.25, 0.3) is 0 Å². The number of carboxylic acid groups (broad SMARTS) is 1. The highest BCUT2D eigenvalue weighted by atomic mass is 16.5. The van der Waals surface area contributed by atoms with Crippen molar-refractivity contribution in [1.82, 2.24) is 5.32 Å². The quantitative estimate of drug-likeness (QED) is 0.131. The minimum atomic E-state index is -0.933. The van der Waals surface area contributed by atoms with Gasteiger partial charge in [0.25, 0.3) is 5.91 Å². The minimum absolute atomic E-state index is 0.0882. The van der Waals surface area contributed by atoms with Gasteiger partial charge in [-0.2, -0.15) is 0 Å². The number of rotatable bonds is 12. The summed E-state index contributed by atoms with van der Waals surface area (Å²) in [4.78, 5) is 36.1. The SMILES string of the molecule is COC(=O)NC(=N)c1ccc(NC(=O)c2cc(C)ccc2NCc2cc(CO)cc(OC(C)C)c2CCC(=O)O)cc1. The third-order valence-electron chi connectivity index (χ3n) is 6.23. The van der Waals surface area contributed by atoms with Gasteiger partial charge in [-0.1, -0.05) is 17.7 Å². The summed E-state index contributed by atoms with van der Waals surface area (Å²) in [6, 6.07) is 15.4. The summed E-state index contributed by atoms with van der Waals surface area (Å²) >= 11 is 0. The minimum Gasteiger partial charge on any atom is -0.491 e. The number of alkyl carbamates (subject to hydrolysis) is 1. The summed E-state index contributed by atoms with van der Waals surface area (Å²) in [5, 5.41) is 35.5. The zero-order chi connectivity index (χ0) is 30.8. The standard InChI is InChI=1S/C31H36N4O7/c1-18(2)42-27-15-20(17-36)14-22(24(27)10-12-28(37)38)16-33-26-11-5-19(3)13-25(26)30(39)34-23-8-6-21(7-9-23)29(32)35-31(40)41-4/h5-9,11,13-15,18,33,36H,10,12,16-17H2,1-4H3,(H,34,39)(H,37,38)(H2,32,35,40). The number of ether oxygens (including phenoxy) is 2. The van der Waals surface area contributed by atoms with Crippen molar-refractivity contribution in [1.29, 1.82) is 5.41 Å². The Morgan fingerprint density at radius 3 is 2.36 bits per heavy atom. The summed E-state index contributed by atoms with van der Waals surface area (Å²) in [7, 11) is 1.21. The number of nitrogens with one attached hydrogen (secondary N) is 4. The van der Waals surface area contributed by atoms with Gasteiger partial charge in [0.05, 0.1) is 25.4 Å². The van der Waals surface area contributed by atoms with Crippen LogP contribution >= 0.6 is 0 Å². The fraction of sp³-hybridized carbons (Fsp3) is 0.290. The number of anilines is 2. The van der Waals surface area contributed by atoms with Crippen LogP contribution in [-0.2, 0) is 29.1 Å². The first-order valence-corrected chi connectivity index (χ1v) is 13.3. The van der Waals surface area contributed by atoms with Crippen LogP contribution in [0.1, 0.15) is 58.4 Å². The number of carboxylic acids is 1. The van der Waals surface area contributed by atoms with Gasteiger partial charge in [0.2, 0.25) is 0 Å². The Kier molecular flexibility index (Phi) is 11.0. The monoisotopic (exact) mass is 576 g/mol. The van der Waals surface area contributed by atoms with Crippen molar-refractivity contribution in [3.05, 3.63) is 88.0 Å². The van der Waals surface area contributed by atoms with Gasteiger partial charge in [-0.05, 0) is 86.3 Å². The van der Waals surface area contributed by atoms with E-state index in [-0.39, 0.29) is 43.8 Å². The van der Waals surface area contributed by atoms with E-state index in [2.05, 4.69) is 20.7 Å². The van der Waals surface area contributed by atoms with Crippen molar-refractivity contribution < 1.29 is 34.1 Å². The average molecular weight is 577 g/mol. The van der Waals surface area contributed by atoms with E-state index in [1.165, 1.54) is 7.11 Å². The molecule has 3 rings (SSSR count). The van der Waals surface area contributed by atoms with Gasteiger partial charge in [0.1, 0.15) is 11.6 Å². The van der Waals surface area contributed by atoms with E-state index >= 15 is 0 Å². The molecule has 0 bridgehead atoms. The molecule has 0 saturated heterocycles. The lowest BCUT2D eigenvalue weighted by Crippen LogP contribution is -2.30. The molecule has 3 aromatic carbocycles. The third-order valence-corrected chi connectivity index (χ3v) is 6.23. The van der Waals surface area contributed by atoms with Crippen LogP contribution in [0.4, 0.5) is 16.2 Å². The molecule has 3 aromatic rings. The van der Waals surface area contributed by atoms with Gasteiger partial charge >= 0.3 is 12.1 Å². The van der Waals surface area contributed by atoms with Gasteiger partial charge < -0.3 is 30.3 Å². The molecule has 11 nitrogen and oxygen atoms in total. The number of carbonyl (C=O) groups is 3. The molecule has 0 aromatic heterocycles. The van der Waals surface area contributed by atoms with Crippen LogP contribution in [0.5, 0.6) is 5.75 Å². The fourth-order valence-electron chi connectivity index (χ4n) is 4.22. The predicted molar refractivity (Wildman–Crippen MR) is 159 cm³/mol. The second kappa shape index (κ2) is 14.6. The van der Waals surface area contributed by atoms with E-state index in [9.17, 15) is 24.6 Å². The number of hydrogen-bond acceptors (Lipinski definition) is 8. The van der Waals surface area contributed by atoms with Crippen molar-refractivity contribution in [3.8, 4) is 5.75 Å². The Hall–Kier alpha value is -4.90. The number of aliphatic carboxylic acids is 1. The molecule has 11 heteroatoms. The van der Waals surface area contributed by atoms with E-state index in [1.54, 1.807) is 48.5 Å². The van der Waals surface area contributed by atoms with E-state index in [0.29, 0.717) is 33.8 Å². The van der Waals surface area contributed by atoms with Crippen molar-refractivity contribution in [2.45, 2.75) is 52.9 Å². The van der Waals surface area contributed by atoms with Crippen LogP contribution in [0.3, 0.4) is 0 Å². The maximum absolute atomic E-state index is 13.3. The van der Waals surface area contributed by atoms with E-state index < -0.39 is 12.1 Å². The summed E-state index contributed by atoms with van der Waals surface area (Å²) in [5.41, 5.74) is 4.85. The lowest BCUT2D eigenvalue weighted by atomic mass is 9.98. The number of benzene rings is 3. The number of amidine groups is 1. The average Bonchev–Trinajstić information content (AvgIpc) is 2.95. The van der Waals surface area contributed by atoms with Crippen LogP contribution in [0.15, 0.2) is 54.6 Å². The Morgan fingerprint density at radius 1 is 1.02 bits per heavy atom. The number of amides is 2.